The van der Waals surface area contributed by atoms with Crippen molar-refractivity contribution in [2.75, 3.05) is 0 Å². The number of nitrogens with one attached hydrogen (secondary N) is 2. The van der Waals surface area contributed by atoms with Gasteiger partial charge in [0.05, 0.1) is 11.6 Å². The van der Waals surface area contributed by atoms with Crippen LogP contribution in [-0.4, -0.2) is 16.8 Å². The Labute approximate surface area is 182 Å². The van der Waals surface area contributed by atoms with Gasteiger partial charge in [0.25, 0.3) is 5.91 Å². The van der Waals surface area contributed by atoms with E-state index in [1.807, 2.05) is 49.5 Å². The largest absolute Gasteiger partial charge is 0.346 e. The second-order valence-electron chi connectivity index (χ2n) is 6.98. The number of nitrogens with zero attached hydrogens (tertiary/aromatic N) is 1. The predicted molar refractivity (Wildman–Crippen MR) is 121 cm³/mol. The van der Waals surface area contributed by atoms with Crippen LogP contribution in [0.1, 0.15) is 38.0 Å². The van der Waals surface area contributed by atoms with Crippen LogP contribution < -0.4 is 10.9 Å². The van der Waals surface area contributed by atoms with Crippen LogP contribution in [0.25, 0.3) is 10.9 Å². The lowest BCUT2D eigenvalue weighted by atomic mass is 10.0. The lowest BCUT2D eigenvalue weighted by Gasteiger charge is -2.21. The third-order valence-electron chi connectivity index (χ3n) is 5.13. The zero-order valence-corrected chi connectivity index (χ0v) is 17.9. The van der Waals surface area contributed by atoms with Crippen molar-refractivity contribution < 1.29 is 9.59 Å². The van der Waals surface area contributed by atoms with E-state index in [9.17, 15) is 9.59 Å². The first kappa shape index (κ1) is 20.1. The summed E-state index contributed by atoms with van der Waals surface area (Å²) in [4.78, 5) is 24.2. The molecule has 150 valence electrons. The number of fused-ring (bicyclic) bond motifs is 1. The summed E-state index contributed by atoms with van der Waals surface area (Å²) in [6.07, 6.45) is 0.681. The van der Waals surface area contributed by atoms with Gasteiger partial charge in [-0.3, -0.25) is 15.0 Å². The number of carbonyl (C=O) groups excluding carboxylic acids is 2. The Kier molecular flexibility index (Phi) is 5.79. The minimum absolute atomic E-state index is 0.278. The number of hydrazine groups is 1. The molecule has 6 heteroatoms. The fourth-order valence-electron chi connectivity index (χ4n) is 3.59. The average Bonchev–Trinajstić information content (AvgIpc) is 3.11. The van der Waals surface area contributed by atoms with Crippen LogP contribution in [0.5, 0.6) is 0 Å². The van der Waals surface area contributed by atoms with E-state index in [0.717, 1.165) is 26.6 Å². The van der Waals surface area contributed by atoms with Gasteiger partial charge >= 0.3 is 0 Å². The lowest BCUT2D eigenvalue weighted by Crippen LogP contribution is -2.41. The summed E-state index contributed by atoms with van der Waals surface area (Å²) in [5, 5.41) is 1.12. The van der Waals surface area contributed by atoms with E-state index in [1.165, 1.54) is 0 Å². The molecule has 0 aliphatic rings. The number of rotatable bonds is 6. The Morgan fingerprint density at radius 1 is 1.00 bits per heavy atom. The Balaban J connectivity index is 1.68. The molecule has 0 saturated heterocycles. The molecular formula is C24H20BrN3O2. The maximum absolute atomic E-state index is 12.8. The minimum Gasteiger partial charge on any atom is -0.346 e. The number of aldehydes is 1. The molecule has 30 heavy (non-hydrogen) atoms. The Morgan fingerprint density at radius 2 is 1.73 bits per heavy atom. The van der Waals surface area contributed by atoms with Gasteiger partial charge in [0.15, 0.2) is 6.29 Å². The summed E-state index contributed by atoms with van der Waals surface area (Å²) in [6, 6.07) is 24.9. The van der Waals surface area contributed by atoms with Crippen molar-refractivity contribution in [1.82, 2.24) is 15.4 Å². The van der Waals surface area contributed by atoms with Crippen LogP contribution >= 0.6 is 15.9 Å². The molecule has 0 saturated carbocycles. The highest BCUT2D eigenvalue weighted by Crippen LogP contribution is 2.27. The Bertz CT molecular complexity index is 1220. The molecule has 0 radical (unpaired) electrons. The number of para-hydroxylation sites is 1. The molecule has 0 aliphatic carbocycles. The van der Waals surface area contributed by atoms with Gasteiger partial charge in [0.2, 0.25) is 0 Å². The smallest absolute Gasteiger partial charge is 0.266 e. The van der Waals surface area contributed by atoms with Crippen LogP contribution in [0.3, 0.4) is 0 Å². The third-order valence-corrected chi connectivity index (χ3v) is 5.63. The van der Waals surface area contributed by atoms with E-state index in [-0.39, 0.29) is 11.9 Å². The quantitative estimate of drug-likeness (QED) is 0.320. The summed E-state index contributed by atoms with van der Waals surface area (Å²) < 4.78 is 2.84. The van der Waals surface area contributed by atoms with Gasteiger partial charge in [-0.15, -0.1) is 0 Å². The van der Waals surface area contributed by atoms with Crippen molar-refractivity contribution in [2.24, 2.45) is 7.05 Å². The number of benzene rings is 3. The van der Waals surface area contributed by atoms with Gasteiger partial charge in [-0.1, -0.05) is 64.5 Å². The van der Waals surface area contributed by atoms with Crippen molar-refractivity contribution >= 4 is 39.0 Å². The lowest BCUT2D eigenvalue weighted by molar-refractivity contribution is 0.0922. The number of carbonyl (C=O) groups is 2. The summed E-state index contributed by atoms with van der Waals surface area (Å²) in [5.74, 6) is -0.377. The maximum Gasteiger partial charge on any atom is 0.266 e. The number of hydrogen-bond donors (Lipinski definition) is 2. The van der Waals surface area contributed by atoms with Crippen molar-refractivity contribution in [3.8, 4) is 0 Å². The first-order chi connectivity index (χ1) is 14.6. The molecule has 5 nitrogen and oxygen atoms in total. The fraction of sp³-hybridized carbons (Fsp3) is 0.0833. The van der Waals surface area contributed by atoms with E-state index in [0.29, 0.717) is 17.4 Å². The van der Waals surface area contributed by atoms with E-state index in [2.05, 4.69) is 49.5 Å². The number of hydrogen-bond acceptors (Lipinski definition) is 3. The molecule has 0 fully saturated rings. The molecule has 1 aromatic heterocycles. The normalized spacial score (nSPS) is 11.9. The molecule has 0 spiro atoms. The van der Waals surface area contributed by atoms with E-state index < -0.39 is 0 Å². The predicted octanol–water partition coefficient (Wildman–Crippen LogP) is 4.78. The fourth-order valence-corrected chi connectivity index (χ4v) is 3.95. The summed E-state index contributed by atoms with van der Waals surface area (Å²) in [6.45, 7) is 0. The Morgan fingerprint density at radius 3 is 2.47 bits per heavy atom. The topological polar surface area (TPSA) is 63.1 Å². The highest BCUT2D eigenvalue weighted by molar-refractivity contribution is 9.10. The van der Waals surface area contributed by atoms with E-state index in [4.69, 9.17) is 0 Å². The molecule has 3 aromatic carbocycles. The van der Waals surface area contributed by atoms with Gasteiger partial charge < -0.3 is 4.57 Å². The summed E-state index contributed by atoms with van der Waals surface area (Å²) in [7, 11) is 2.01. The van der Waals surface area contributed by atoms with Crippen molar-refractivity contribution in [3.05, 3.63) is 106 Å². The van der Waals surface area contributed by atoms with E-state index in [1.54, 1.807) is 18.2 Å². The van der Waals surface area contributed by atoms with Gasteiger partial charge in [-0.2, -0.15) is 0 Å². The van der Waals surface area contributed by atoms with Gasteiger partial charge in [0.1, 0.15) is 0 Å². The second kappa shape index (κ2) is 8.65. The number of aromatic nitrogens is 1. The monoisotopic (exact) mass is 461 g/mol. The van der Waals surface area contributed by atoms with Gasteiger partial charge in [-0.05, 0) is 41.3 Å². The number of halogens is 1. The molecule has 1 atom stereocenters. The van der Waals surface area contributed by atoms with E-state index >= 15 is 0 Å². The molecule has 1 heterocycles. The summed E-state index contributed by atoms with van der Waals surface area (Å²) in [5.41, 5.74) is 9.72. The van der Waals surface area contributed by atoms with Gasteiger partial charge in [0, 0.05) is 28.3 Å². The van der Waals surface area contributed by atoms with Crippen molar-refractivity contribution in [2.45, 2.75) is 6.04 Å². The molecule has 4 rings (SSSR count). The SMILES string of the molecule is Cn1c(C(NNC(=O)c2cc(Br)ccc2C=O)c2ccccc2)cc2ccccc21. The number of aryl methyl sites for hydroxylation is 1. The third kappa shape index (κ3) is 3.92. The average molecular weight is 462 g/mol. The highest BCUT2D eigenvalue weighted by atomic mass is 79.9. The standard InChI is InChI=1S/C24H20BrN3O2/c1-28-21-10-6-5-9-17(21)13-22(28)23(16-7-3-2-4-8-16)26-27-24(30)20-14-19(25)12-11-18(20)15-29/h2-15,23,26H,1H3,(H,27,30). The van der Waals surface area contributed by atoms with Gasteiger partial charge in [-0.25, -0.2) is 5.43 Å². The van der Waals surface area contributed by atoms with Crippen LogP contribution in [0.4, 0.5) is 0 Å². The maximum atomic E-state index is 12.8. The van der Waals surface area contributed by atoms with Crippen molar-refractivity contribution in [1.29, 1.82) is 0 Å². The molecule has 0 aliphatic heterocycles. The first-order valence-electron chi connectivity index (χ1n) is 9.48. The Hall–Kier alpha value is -3.22. The minimum atomic E-state index is -0.377. The zero-order chi connectivity index (χ0) is 21.1. The zero-order valence-electron chi connectivity index (χ0n) is 16.3. The summed E-state index contributed by atoms with van der Waals surface area (Å²) >= 11 is 3.36. The van der Waals surface area contributed by atoms with Crippen LogP contribution in [0, 0.1) is 0 Å². The molecule has 1 amide bonds. The molecular weight excluding hydrogens is 442 g/mol. The van der Waals surface area contributed by atoms with Crippen molar-refractivity contribution in [3.63, 3.8) is 0 Å². The van der Waals surface area contributed by atoms with Crippen LogP contribution in [0.2, 0.25) is 0 Å². The van der Waals surface area contributed by atoms with Crippen LogP contribution in [-0.2, 0) is 7.05 Å². The molecule has 4 aromatic rings. The molecule has 1 unspecified atom stereocenters. The second-order valence-corrected chi connectivity index (χ2v) is 7.89. The number of amides is 1. The first-order valence-corrected chi connectivity index (χ1v) is 10.3. The highest BCUT2D eigenvalue weighted by Gasteiger charge is 2.20. The molecule has 0 bridgehead atoms. The molecule has 2 N–H and O–H groups in total. The van der Waals surface area contributed by atoms with Crippen LogP contribution in [0.15, 0.2) is 83.3 Å².